The molecule has 1 amide bonds. The van der Waals surface area contributed by atoms with Gasteiger partial charge in [0, 0.05) is 32.7 Å². The number of hydrogen-bond acceptors (Lipinski definition) is 4. The van der Waals surface area contributed by atoms with E-state index in [1.807, 2.05) is 19.1 Å². The van der Waals surface area contributed by atoms with E-state index in [1.165, 1.54) is 5.56 Å². The lowest BCUT2D eigenvalue weighted by Crippen LogP contribution is -2.42. The molecule has 1 atom stereocenters. The minimum atomic E-state index is -0.210. The first kappa shape index (κ1) is 14.0. The van der Waals surface area contributed by atoms with Gasteiger partial charge in [-0.25, -0.2) is 5.84 Å². The second kappa shape index (κ2) is 6.65. The van der Waals surface area contributed by atoms with Gasteiger partial charge in [0.2, 0.25) is 5.91 Å². The van der Waals surface area contributed by atoms with Crippen molar-refractivity contribution < 1.29 is 4.79 Å². The van der Waals surface area contributed by atoms with Gasteiger partial charge in [0.05, 0.1) is 5.92 Å². The Morgan fingerprint density at radius 2 is 2.00 bits per heavy atom. The van der Waals surface area contributed by atoms with Crippen LogP contribution in [-0.2, 0) is 11.3 Å². The van der Waals surface area contributed by atoms with Crippen LogP contribution in [0.25, 0.3) is 0 Å². The van der Waals surface area contributed by atoms with Crippen molar-refractivity contribution in [3.05, 3.63) is 35.4 Å². The van der Waals surface area contributed by atoms with E-state index in [-0.39, 0.29) is 11.8 Å². The number of nitrogens with two attached hydrogens (primary N) is 1. The molecule has 5 heteroatoms. The van der Waals surface area contributed by atoms with Gasteiger partial charge in [-0.1, -0.05) is 24.3 Å². The molecule has 4 N–H and O–H groups in total. The van der Waals surface area contributed by atoms with Crippen molar-refractivity contribution in [2.45, 2.75) is 19.4 Å². The van der Waals surface area contributed by atoms with Gasteiger partial charge in [-0.15, -0.1) is 0 Å². The summed E-state index contributed by atoms with van der Waals surface area (Å²) < 4.78 is 0. The summed E-state index contributed by atoms with van der Waals surface area (Å²) in [6.07, 6.45) is 0. The first-order chi connectivity index (χ1) is 9.20. The fraction of sp³-hybridized carbons (Fsp3) is 0.500. The third kappa shape index (κ3) is 3.76. The Hall–Kier alpha value is -1.43. The summed E-state index contributed by atoms with van der Waals surface area (Å²) in [4.78, 5) is 13.9. The van der Waals surface area contributed by atoms with Crippen LogP contribution in [0.1, 0.15) is 24.0 Å². The summed E-state index contributed by atoms with van der Waals surface area (Å²) >= 11 is 0. The van der Waals surface area contributed by atoms with Crippen LogP contribution >= 0.6 is 0 Å². The van der Waals surface area contributed by atoms with Crippen molar-refractivity contribution in [1.82, 2.24) is 15.6 Å². The number of hydrazine groups is 1. The van der Waals surface area contributed by atoms with E-state index < -0.39 is 0 Å². The lowest BCUT2D eigenvalue weighted by atomic mass is 9.99. The van der Waals surface area contributed by atoms with E-state index in [0.29, 0.717) is 0 Å². The molecular formula is C14H22N4O. The molecule has 0 aliphatic carbocycles. The Labute approximate surface area is 114 Å². The van der Waals surface area contributed by atoms with Crippen molar-refractivity contribution in [3.8, 4) is 0 Å². The maximum atomic E-state index is 11.5. The zero-order valence-electron chi connectivity index (χ0n) is 11.4. The Morgan fingerprint density at radius 1 is 1.37 bits per heavy atom. The number of hydrogen-bond donors (Lipinski definition) is 3. The molecule has 1 fully saturated rings. The minimum Gasteiger partial charge on any atom is -0.314 e. The smallest absolute Gasteiger partial charge is 0.241 e. The highest BCUT2D eigenvalue weighted by Crippen LogP contribution is 2.16. The van der Waals surface area contributed by atoms with Crippen LogP contribution in [0.3, 0.4) is 0 Å². The topological polar surface area (TPSA) is 70.4 Å². The molecule has 1 heterocycles. The van der Waals surface area contributed by atoms with Gasteiger partial charge in [0.1, 0.15) is 0 Å². The maximum Gasteiger partial charge on any atom is 0.241 e. The van der Waals surface area contributed by atoms with Crippen LogP contribution in [0.2, 0.25) is 0 Å². The predicted molar refractivity (Wildman–Crippen MR) is 75.3 cm³/mol. The number of amides is 1. The van der Waals surface area contributed by atoms with Crippen LogP contribution in [0.15, 0.2) is 24.3 Å². The third-order valence-electron chi connectivity index (χ3n) is 3.63. The van der Waals surface area contributed by atoms with Crippen molar-refractivity contribution in [3.63, 3.8) is 0 Å². The number of carbonyl (C=O) groups excluding carboxylic acids is 1. The van der Waals surface area contributed by atoms with Crippen molar-refractivity contribution in [2.75, 3.05) is 26.2 Å². The summed E-state index contributed by atoms with van der Waals surface area (Å²) in [6.45, 7) is 7.13. The molecule has 104 valence electrons. The molecule has 1 aromatic rings. The van der Waals surface area contributed by atoms with Gasteiger partial charge in [-0.05, 0) is 18.1 Å². The number of rotatable bonds is 4. The average Bonchev–Trinajstić information content (AvgIpc) is 2.47. The zero-order chi connectivity index (χ0) is 13.7. The highest BCUT2D eigenvalue weighted by molar-refractivity contribution is 5.82. The lowest BCUT2D eigenvalue weighted by molar-refractivity contribution is -0.122. The molecule has 2 rings (SSSR count). The number of nitrogens with one attached hydrogen (secondary N) is 2. The molecule has 1 unspecified atom stereocenters. The SMILES string of the molecule is CC(C(=O)NN)c1ccc(CN2CCNCC2)cc1. The molecule has 1 aromatic carbocycles. The van der Waals surface area contributed by atoms with Gasteiger partial charge >= 0.3 is 0 Å². The molecule has 0 aromatic heterocycles. The number of carbonyl (C=O) groups is 1. The fourth-order valence-corrected chi connectivity index (χ4v) is 2.32. The Bertz CT molecular complexity index is 412. The van der Waals surface area contributed by atoms with Crippen molar-refractivity contribution in [2.24, 2.45) is 5.84 Å². The van der Waals surface area contributed by atoms with E-state index in [2.05, 4.69) is 27.8 Å². The summed E-state index contributed by atoms with van der Waals surface area (Å²) in [5, 5.41) is 3.35. The molecule has 1 aliphatic rings. The van der Waals surface area contributed by atoms with Gasteiger partial charge in [-0.3, -0.25) is 15.1 Å². The molecule has 19 heavy (non-hydrogen) atoms. The van der Waals surface area contributed by atoms with Crippen LogP contribution < -0.4 is 16.6 Å². The van der Waals surface area contributed by atoms with Crippen molar-refractivity contribution >= 4 is 5.91 Å². The quantitative estimate of drug-likeness (QED) is 0.411. The predicted octanol–water partition coefficient (Wildman–Crippen LogP) is 0.185. The summed E-state index contributed by atoms with van der Waals surface area (Å²) in [7, 11) is 0. The van der Waals surface area contributed by atoms with Crippen LogP contribution in [0.5, 0.6) is 0 Å². The number of piperazine rings is 1. The standard InChI is InChI=1S/C14H22N4O/c1-11(14(19)17-15)13-4-2-12(3-5-13)10-18-8-6-16-7-9-18/h2-5,11,16H,6-10,15H2,1H3,(H,17,19). The first-order valence-corrected chi connectivity index (χ1v) is 6.73. The second-order valence-corrected chi connectivity index (χ2v) is 5.00. The minimum absolute atomic E-state index is 0.158. The monoisotopic (exact) mass is 262 g/mol. The van der Waals surface area contributed by atoms with Crippen LogP contribution in [0, 0.1) is 0 Å². The summed E-state index contributed by atoms with van der Waals surface area (Å²) in [6, 6.07) is 8.21. The molecule has 0 radical (unpaired) electrons. The van der Waals surface area contributed by atoms with Crippen LogP contribution in [-0.4, -0.2) is 37.0 Å². The summed E-state index contributed by atoms with van der Waals surface area (Å²) in [5.74, 6) is 4.78. The third-order valence-corrected chi connectivity index (χ3v) is 3.63. The lowest BCUT2D eigenvalue weighted by Gasteiger charge is -2.27. The average molecular weight is 262 g/mol. The van der Waals surface area contributed by atoms with Gasteiger partial charge in [0.25, 0.3) is 0 Å². The van der Waals surface area contributed by atoms with Crippen LogP contribution in [0.4, 0.5) is 0 Å². The van der Waals surface area contributed by atoms with E-state index >= 15 is 0 Å². The maximum absolute atomic E-state index is 11.5. The Balaban J connectivity index is 1.95. The summed E-state index contributed by atoms with van der Waals surface area (Å²) in [5.41, 5.74) is 4.47. The fourth-order valence-electron chi connectivity index (χ4n) is 2.32. The molecular weight excluding hydrogens is 240 g/mol. The highest BCUT2D eigenvalue weighted by Gasteiger charge is 2.14. The number of benzene rings is 1. The van der Waals surface area contributed by atoms with Gasteiger partial charge in [0.15, 0.2) is 0 Å². The molecule has 5 nitrogen and oxygen atoms in total. The van der Waals surface area contributed by atoms with Gasteiger partial charge in [-0.2, -0.15) is 0 Å². The van der Waals surface area contributed by atoms with E-state index in [9.17, 15) is 4.79 Å². The molecule has 0 saturated carbocycles. The molecule has 1 aliphatic heterocycles. The van der Waals surface area contributed by atoms with Gasteiger partial charge < -0.3 is 5.32 Å². The largest absolute Gasteiger partial charge is 0.314 e. The van der Waals surface area contributed by atoms with E-state index in [0.717, 1.165) is 38.3 Å². The first-order valence-electron chi connectivity index (χ1n) is 6.73. The zero-order valence-corrected chi connectivity index (χ0v) is 11.4. The normalized spacial score (nSPS) is 18.0. The van der Waals surface area contributed by atoms with Crippen molar-refractivity contribution in [1.29, 1.82) is 0 Å². The molecule has 0 bridgehead atoms. The van der Waals surface area contributed by atoms with E-state index in [1.54, 1.807) is 0 Å². The molecule has 0 spiro atoms. The highest BCUT2D eigenvalue weighted by atomic mass is 16.2. The second-order valence-electron chi connectivity index (χ2n) is 5.00. The van der Waals surface area contributed by atoms with E-state index in [4.69, 9.17) is 5.84 Å². The number of nitrogens with zero attached hydrogens (tertiary/aromatic N) is 1. The molecule has 1 saturated heterocycles. The Kier molecular flexibility index (Phi) is 4.90. The Morgan fingerprint density at radius 3 is 2.58 bits per heavy atom.